The molecule has 1 atom stereocenters. The van der Waals surface area contributed by atoms with E-state index in [1.165, 1.54) is 13.0 Å². The van der Waals surface area contributed by atoms with Crippen molar-refractivity contribution in [2.45, 2.75) is 13.0 Å². The van der Waals surface area contributed by atoms with E-state index in [1.54, 1.807) is 12.1 Å². The number of hydrogen-bond acceptors (Lipinski definition) is 5. The lowest BCUT2D eigenvalue weighted by atomic mass is 10.0. The van der Waals surface area contributed by atoms with Crippen LogP contribution in [0.2, 0.25) is 0 Å². The molecule has 7 nitrogen and oxygen atoms in total. The molecule has 1 saturated heterocycles. The molecule has 1 unspecified atom stereocenters. The van der Waals surface area contributed by atoms with Gasteiger partial charge in [0.05, 0.1) is 5.69 Å². The third kappa shape index (κ3) is 4.78. The molecule has 0 radical (unpaired) electrons. The van der Waals surface area contributed by atoms with Gasteiger partial charge in [0.25, 0.3) is 0 Å². The number of carbonyl (C=O) groups excluding carboxylic acids is 3. The first-order valence-corrected chi connectivity index (χ1v) is 9.31. The second-order valence-electron chi connectivity index (χ2n) is 6.91. The summed E-state index contributed by atoms with van der Waals surface area (Å²) < 4.78 is 14.5. The second kappa shape index (κ2) is 8.83. The highest BCUT2D eigenvalue weighted by atomic mass is 19.1. The fourth-order valence-electron chi connectivity index (χ4n) is 3.56. The monoisotopic (exact) mass is 398 g/mol. The van der Waals surface area contributed by atoms with E-state index in [1.807, 2.05) is 40.1 Å². The van der Waals surface area contributed by atoms with Gasteiger partial charge in [0.1, 0.15) is 11.9 Å². The maximum Gasteiger partial charge on any atom is 0.318 e. The summed E-state index contributed by atoms with van der Waals surface area (Å²) in [4.78, 5) is 39.0. The molecule has 3 rings (SSSR count). The average molecular weight is 398 g/mol. The van der Waals surface area contributed by atoms with E-state index < -0.39 is 23.8 Å². The van der Waals surface area contributed by atoms with Crippen LogP contribution in [0.15, 0.2) is 48.5 Å². The van der Waals surface area contributed by atoms with E-state index >= 15 is 0 Å². The molecule has 1 fully saturated rings. The number of hydrogen-bond donors (Lipinski definition) is 2. The van der Waals surface area contributed by atoms with Crippen molar-refractivity contribution in [2.75, 3.05) is 31.1 Å². The molecule has 8 heteroatoms. The number of ketones is 1. The maximum atomic E-state index is 14.5. The van der Waals surface area contributed by atoms with E-state index in [0.29, 0.717) is 37.4 Å². The number of halogens is 1. The fourth-order valence-corrected chi connectivity index (χ4v) is 3.56. The lowest BCUT2D eigenvalue weighted by molar-refractivity contribution is -0.125. The highest BCUT2D eigenvalue weighted by Crippen LogP contribution is 2.26. The predicted molar refractivity (Wildman–Crippen MR) is 107 cm³/mol. The molecule has 2 aromatic rings. The van der Waals surface area contributed by atoms with E-state index in [-0.39, 0.29) is 5.78 Å². The third-order valence-corrected chi connectivity index (χ3v) is 4.98. The summed E-state index contributed by atoms with van der Waals surface area (Å²) in [5.74, 6) is -1.13. The maximum absolute atomic E-state index is 14.5. The van der Waals surface area contributed by atoms with Gasteiger partial charge in [0.2, 0.25) is 5.91 Å². The summed E-state index contributed by atoms with van der Waals surface area (Å²) in [7, 11) is 0. The molecule has 2 aromatic carbocycles. The average Bonchev–Trinajstić information content (AvgIpc) is 2.69. The molecule has 1 aliphatic heterocycles. The lowest BCUT2D eigenvalue weighted by Crippen LogP contribution is -2.52. The molecular formula is C21H23FN4O3. The van der Waals surface area contributed by atoms with Crippen LogP contribution in [0, 0.1) is 5.82 Å². The molecule has 29 heavy (non-hydrogen) atoms. The number of nitrogens with zero attached hydrogens (tertiary/aromatic N) is 2. The zero-order valence-corrected chi connectivity index (χ0v) is 16.1. The third-order valence-electron chi connectivity index (χ3n) is 4.98. The van der Waals surface area contributed by atoms with Crippen LogP contribution in [0.1, 0.15) is 28.9 Å². The van der Waals surface area contributed by atoms with Crippen LogP contribution in [0.3, 0.4) is 0 Å². The van der Waals surface area contributed by atoms with E-state index in [4.69, 9.17) is 5.73 Å². The number of urea groups is 1. The van der Waals surface area contributed by atoms with Gasteiger partial charge in [-0.25, -0.2) is 9.18 Å². The van der Waals surface area contributed by atoms with Crippen LogP contribution in [-0.4, -0.2) is 48.8 Å². The van der Waals surface area contributed by atoms with Gasteiger partial charge in [0, 0.05) is 31.7 Å². The number of primary amides is 1. The number of amides is 3. The van der Waals surface area contributed by atoms with Gasteiger partial charge in [-0.2, -0.15) is 0 Å². The molecular weight excluding hydrogens is 375 g/mol. The quantitative estimate of drug-likeness (QED) is 0.752. The molecule has 0 bridgehead atoms. The Hall–Kier alpha value is -3.26. The van der Waals surface area contributed by atoms with Crippen LogP contribution in [0.5, 0.6) is 0 Å². The fraction of sp³-hybridized carbons (Fsp3) is 0.286. The van der Waals surface area contributed by atoms with Crippen LogP contribution in [0.25, 0.3) is 0 Å². The Bertz CT molecular complexity index is 911. The Morgan fingerprint density at radius 1 is 1.03 bits per heavy atom. The van der Waals surface area contributed by atoms with Crippen molar-refractivity contribution < 1.29 is 18.8 Å². The molecule has 152 valence electrons. The number of benzene rings is 2. The number of carbonyl (C=O) groups is 3. The summed E-state index contributed by atoms with van der Waals surface area (Å²) in [6.45, 7) is 3.35. The number of anilines is 1. The Morgan fingerprint density at radius 3 is 2.24 bits per heavy atom. The first kappa shape index (κ1) is 20.5. The van der Waals surface area contributed by atoms with E-state index in [9.17, 15) is 18.8 Å². The normalized spacial score (nSPS) is 15.6. The van der Waals surface area contributed by atoms with Gasteiger partial charge in [-0.1, -0.05) is 30.3 Å². The lowest BCUT2D eigenvalue weighted by Gasteiger charge is -2.39. The summed E-state index contributed by atoms with van der Waals surface area (Å²) in [6.07, 6.45) is 0. The molecule has 1 aliphatic rings. The van der Waals surface area contributed by atoms with Crippen LogP contribution >= 0.6 is 0 Å². The Kier molecular flexibility index (Phi) is 6.23. The van der Waals surface area contributed by atoms with Gasteiger partial charge in [-0.3, -0.25) is 19.8 Å². The standard InChI is InChI=1S/C21H23FN4O3/c1-14(27)16-7-8-18(17(22)13-16)25-9-11-26(12-10-25)19(20(28)24-21(23)29)15-5-3-2-4-6-15/h2-8,13,19H,9-12H2,1H3,(H3,23,24,28,29). The van der Waals surface area contributed by atoms with Crippen molar-refractivity contribution in [2.24, 2.45) is 5.73 Å². The van der Waals surface area contributed by atoms with Gasteiger partial charge >= 0.3 is 6.03 Å². The number of Topliss-reactive ketones (excluding diaryl/α,β-unsaturated/α-hetero) is 1. The summed E-state index contributed by atoms with van der Waals surface area (Å²) in [6, 6.07) is 12.0. The molecule has 0 aromatic heterocycles. The first-order chi connectivity index (χ1) is 13.9. The zero-order valence-electron chi connectivity index (χ0n) is 16.1. The molecule has 1 heterocycles. The van der Waals surface area contributed by atoms with Gasteiger partial charge in [0.15, 0.2) is 5.78 Å². The topological polar surface area (TPSA) is 95.7 Å². The largest absolute Gasteiger partial charge is 0.367 e. The smallest absolute Gasteiger partial charge is 0.318 e. The highest BCUT2D eigenvalue weighted by molar-refractivity contribution is 5.97. The molecule has 0 aliphatic carbocycles. The van der Waals surface area contributed by atoms with Crippen molar-refractivity contribution in [3.8, 4) is 0 Å². The van der Waals surface area contributed by atoms with E-state index in [2.05, 4.69) is 5.32 Å². The molecule has 0 spiro atoms. The number of nitrogens with two attached hydrogens (primary N) is 1. The van der Waals surface area contributed by atoms with E-state index in [0.717, 1.165) is 5.56 Å². The molecule has 0 saturated carbocycles. The SMILES string of the molecule is CC(=O)c1ccc(N2CCN(C(C(=O)NC(N)=O)c3ccccc3)CC2)c(F)c1. The minimum atomic E-state index is -0.901. The second-order valence-corrected chi connectivity index (χ2v) is 6.91. The van der Waals surface area contributed by atoms with Crippen LogP contribution in [-0.2, 0) is 4.79 Å². The van der Waals surface area contributed by atoms with Crippen molar-refractivity contribution in [3.05, 3.63) is 65.5 Å². The molecule has 3 N–H and O–H groups in total. The number of rotatable bonds is 5. The Balaban J connectivity index is 1.75. The van der Waals surface area contributed by atoms with Gasteiger partial charge < -0.3 is 10.6 Å². The highest BCUT2D eigenvalue weighted by Gasteiger charge is 2.31. The Morgan fingerprint density at radius 2 is 1.69 bits per heavy atom. The van der Waals surface area contributed by atoms with Gasteiger partial charge in [-0.15, -0.1) is 0 Å². The van der Waals surface area contributed by atoms with Crippen molar-refractivity contribution in [1.29, 1.82) is 0 Å². The van der Waals surface area contributed by atoms with Crippen molar-refractivity contribution in [1.82, 2.24) is 10.2 Å². The minimum absolute atomic E-state index is 0.188. The first-order valence-electron chi connectivity index (χ1n) is 9.31. The Labute approximate surface area is 168 Å². The number of imide groups is 1. The summed E-state index contributed by atoms with van der Waals surface area (Å²) in [5.41, 5.74) is 6.62. The predicted octanol–water partition coefficient (Wildman–Crippen LogP) is 2.09. The summed E-state index contributed by atoms with van der Waals surface area (Å²) >= 11 is 0. The van der Waals surface area contributed by atoms with Crippen molar-refractivity contribution in [3.63, 3.8) is 0 Å². The zero-order chi connectivity index (χ0) is 21.0. The minimum Gasteiger partial charge on any atom is -0.367 e. The molecule has 3 amide bonds. The summed E-state index contributed by atoms with van der Waals surface area (Å²) in [5, 5.41) is 2.16. The van der Waals surface area contributed by atoms with Crippen LogP contribution < -0.4 is 16.0 Å². The number of piperazine rings is 1. The van der Waals surface area contributed by atoms with Gasteiger partial charge in [-0.05, 0) is 30.7 Å². The van der Waals surface area contributed by atoms with Crippen molar-refractivity contribution >= 4 is 23.4 Å². The van der Waals surface area contributed by atoms with Crippen LogP contribution in [0.4, 0.5) is 14.9 Å². The number of nitrogens with one attached hydrogen (secondary N) is 1.